The molecule has 7 nitrogen and oxygen atoms in total. The van der Waals surface area contributed by atoms with Gasteiger partial charge in [-0.3, -0.25) is 5.43 Å². The number of hydrogen-bond acceptors (Lipinski definition) is 8. The number of anilines is 2. The van der Waals surface area contributed by atoms with Crippen molar-refractivity contribution in [3.05, 3.63) is 0 Å². The van der Waals surface area contributed by atoms with Gasteiger partial charge in [0.25, 0.3) is 0 Å². The molecule has 4 N–H and O–H groups in total. The van der Waals surface area contributed by atoms with Crippen molar-refractivity contribution in [3.63, 3.8) is 0 Å². The van der Waals surface area contributed by atoms with E-state index in [1.54, 1.807) is 0 Å². The molecule has 1 aromatic heterocycles. The number of nitrogen functional groups attached to an aromatic ring is 1. The molecule has 0 aliphatic heterocycles. The second-order valence-electron chi connectivity index (χ2n) is 4.71. The monoisotopic (exact) mass is 314 g/mol. The van der Waals surface area contributed by atoms with E-state index in [1.807, 2.05) is 18.7 Å². The van der Waals surface area contributed by atoms with E-state index in [2.05, 4.69) is 45.8 Å². The first-order valence-corrected chi connectivity index (χ1v) is 8.50. The summed E-state index contributed by atoms with van der Waals surface area (Å²) in [6, 6.07) is 0.282. The van der Waals surface area contributed by atoms with Crippen LogP contribution in [0.5, 0.6) is 6.01 Å². The summed E-state index contributed by atoms with van der Waals surface area (Å²) in [7, 11) is 0. The lowest BCUT2D eigenvalue weighted by Crippen LogP contribution is -2.32. The number of thioether (sulfide) groups is 1. The molecule has 0 aliphatic carbocycles. The van der Waals surface area contributed by atoms with E-state index in [0.717, 1.165) is 25.8 Å². The number of hydrazine groups is 1. The number of nitrogens with two attached hydrogens (primary N) is 1. The van der Waals surface area contributed by atoms with Gasteiger partial charge in [-0.15, -0.1) is 0 Å². The molecule has 0 saturated heterocycles. The molecule has 0 radical (unpaired) electrons. The summed E-state index contributed by atoms with van der Waals surface area (Å²) in [5, 5.41) is 3.27. The fourth-order valence-corrected chi connectivity index (χ4v) is 2.65. The average Bonchev–Trinajstić information content (AvgIpc) is 2.54. The van der Waals surface area contributed by atoms with Crippen LogP contribution in [0.3, 0.4) is 0 Å². The van der Waals surface area contributed by atoms with Gasteiger partial charge in [-0.1, -0.05) is 20.8 Å². The minimum Gasteiger partial charge on any atom is -0.463 e. The second kappa shape index (κ2) is 8.89. The summed E-state index contributed by atoms with van der Waals surface area (Å²) >= 11 is 1.86. The van der Waals surface area contributed by atoms with Crippen LogP contribution in [-0.2, 0) is 0 Å². The van der Waals surface area contributed by atoms with Crippen LogP contribution in [-0.4, -0.2) is 39.1 Å². The Morgan fingerprint density at radius 2 is 1.81 bits per heavy atom. The predicted octanol–water partition coefficient (Wildman–Crippen LogP) is 2.28. The lowest BCUT2D eigenvalue weighted by atomic mass is 10.0. The Morgan fingerprint density at radius 1 is 1.14 bits per heavy atom. The normalized spacial score (nSPS) is 11.3. The van der Waals surface area contributed by atoms with Crippen molar-refractivity contribution in [3.8, 4) is 6.01 Å². The van der Waals surface area contributed by atoms with Crippen molar-refractivity contribution >= 4 is 23.7 Å². The smallest absolute Gasteiger partial charge is 0.323 e. The minimum absolute atomic E-state index is 0.174. The molecule has 0 saturated carbocycles. The number of nitrogens with one attached hydrogen (secondary N) is 2. The van der Waals surface area contributed by atoms with Gasteiger partial charge in [-0.05, 0) is 25.5 Å². The third-order valence-electron chi connectivity index (χ3n) is 3.47. The van der Waals surface area contributed by atoms with Crippen LogP contribution < -0.4 is 21.3 Å². The Morgan fingerprint density at radius 3 is 2.33 bits per heavy atom. The van der Waals surface area contributed by atoms with Gasteiger partial charge in [-0.25, -0.2) is 5.84 Å². The fourth-order valence-electron chi connectivity index (χ4n) is 1.86. The molecule has 1 heterocycles. The fraction of sp³-hybridized carbons (Fsp3) is 0.769. The van der Waals surface area contributed by atoms with Crippen molar-refractivity contribution in [2.45, 2.75) is 44.8 Å². The van der Waals surface area contributed by atoms with Crippen molar-refractivity contribution in [2.24, 2.45) is 5.84 Å². The maximum Gasteiger partial charge on any atom is 0.323 e. The highest BCUT2D eigenvalue weighted by Gasteiger charge is 2.25. The zero-order valence-electron chi connectivity index (χ0n) is 13.3. The van der Waals surface area contributed by atoms with E-state index in [1.165, 1.54) is 0 Å². The standard InChI is InChI=1S/C13H26N6OS/c1-5-8-20-12-17-10(16-11(18-12)19-14)15-9-13(6-2,7-3)21-4/h5-9,14H2,1-4H3,(H2,15,16,17,18,19). The molecular formula is C13H26N6OS. The largest absolute Gasteiger partial charge is 0.463 e. The molecule has 8 heteroatoms. The van der Waals surface area contributed by atoms with Crippen LogP contribution in [0.1, 0.15) is 40.0 Å². The Labute approximate surface area is 130 Å². The third kappa shape index (κ3) is 5.20. The topological polar surface area (TPSA) is 98.0 Å². The van der Waals surface area contributed by atoms with E-state index in [9.17, 15) is 0 Å². The van der Waals surface area contributed by atoms with Crippen molar-refractivity contribution in [1.29, 1.82) is 0 Å². The summed E-state index contributed by atoms with van der Waals surface area (Å²) in [4.78, 5) is 12.5. The molecule has 120 valence electrons. The first-order valence-electron chi connectivity index (χ1n) is 7.27. The van der Waals surface area contributed by atoms with Crippen molar-refractivity contribution < 1.29 is 4.74 Å². The molecule has 0 spiro atoms. The average molecular weight is 314 g/mol. The number of aromatic nitrogens is 3. The summed E-state index contributed by atoms with van der Waals surface area (Å²) in [6.07, 6.45) is 5.17. The molecule has 0 atom stereocenters. The van der Waals surface area contributed by atoms with Crippen LogP contribution in [0, 0.1) is 0 Å². The van der Waals surface area contributed by atoms with Gasteiger partial charge in [0.15, 0.2) is 0 Å². The van der Waals surface area contributed by atoms with Crippen LogP contribution in [0.2, 0.25) is 0 Å². The van der Waals surface area contributed by atoms with Gasteiger partial charge in [-0.2, -0.15) is 26.7 Å². The molecule has 0 fully saturated rings. The van der Waals surface area contributed by atoms with E-state index >= 15 is 0 Å². The van der Waals surface area contributed by atoms with Crippen LogP contribution in [0.25, 0.3) is 0 Å². The summed E-state index contributed by atoms with van der Waals surface area (Å²) < 4.78 is 5.62. The Bertz CT molecular complexity index is 419. The van der Waals surface area contributed by atoms with E-state index in [-0.39, 0.29) is 10.8 Å². The zero-order chi connectivity index (χ0) is 15.7. The molecular weight excluding hydrogens is 288 g/mol. The molecule has 0 unspecified atom stereocenters. The molecule has 1 aromatic rings. The molecule has 21 heavy (non-hydrogen) atoms. The Kier molecular flexibility index (Phi) is 7.52. The second-order valence-corrected chi connectivity index (χ2v) is 5.98. The zero-order valence-corrected chi connectivity index (χ0v) is 14.1. The first kappa shape index (κ1) is 17.8. The first-order chi connectivity index (χ1) is 10.1. The highest BCUT2D eigenvalue weighted by molar-refractivity contribution is 8.00. The molecule has 0 amide bonds. The lowest BCUT2D eigenvalue weighted by Gasteiger charge is -2.29. The molecule has 0 aromatic carbocycles. The van der Waals surface area contributed by atoms with Gasteiger partial charge in [0.1, 0.15) is 0 Å². The number of rotatable bonds is 10. The SMILES string of the molecule is CCCOc1nc(NN)nc(NCC(CC)(CC)SC)n1. The summed E-state index contributed by atoms with van der Waals surface area (Å²) in [6.45, 7) is 7.75. The quantitative estimate of drug-likeness (QED) is 0.447. The van der Waals surface area contributed by atoms with E-state index < -0.39 is 0 Å². The molecule has 0 aliphatic rings. The van der Waals surface area contributed by atoms with E-state index in [0.29, 0.717) is 18.5 Å². The van der Waals surface area contributed by atoms with Crippen molar-refractivity contribution in [2.75, 3.05) is 30.1 Å². The van der Waals surface area contributed by atoms with Crippen molar-refractivity contribution in [1.82, 2.24) is 15.0 Å². The van der Waals surface area contributed by atoms with Gasteiger partial charge in [0.05, 0.1) is 6.61 Å². The maximum atomic E-state index is 5.45. The Hall–Kier alpha value is -1.28. The third-order valence-corrected chi connectivity index (χ3v) is 5.06. The minimum atomic E-state index is 0.174. The predicted molar refractivity (Wildman–Crippen MR) is 88.7 cm³/mol. The number of hydrogen-bond donors (Lipinski definition) is 3. The van der Waals surface area contributed by atoms with Crippen LogP contribution in [0.4, 0.5) is 11.9 Å². The van der Waals surface area contributed by atoms with E-state index in [4.69, 9.17) is 10.6 Å². The Balaban J connectivity index is 2.81. The van der Waals surface area contributed by atoms with Gasteiger partial charge in [0, 0.05) is 11.3 Å². The highest BCUT2D eigenvalue weighted by Crippen LogP contribution is 2.30. The highest BCUT2D eigenvalue weighted by atomic mass is 32.2. The number of nitrogens with zero attached hydrogens (tertiary/aromatic N) is 3. The maximum absolute atomic E-state index is 5.45. The lowest BCUT2D eigenvalue weighted by molar-refractivity contribution is 0.292. The van der Waals surface area contributed by atoms with Gasteiger partial charge >= 0.3 is 6.01 Å². The summed E-state index contributed by atoms with van der Waals surface area (Å²) in [5.74, 6) is 6.16. The molecule has 1 rings (SSSR count). The summed E-state index contributed by atoms with van der Waals surface area (Å²) in [5.41, 5.74) is 2.44. The number of ether oxygens (including phenoxy) is 1. The van der Waals surface area contributed by atoms with Crippen LogP contribution in [0.15, 0.2) is 0 Å². The van der Waals surface area contributed by atoms with Gasteiger partial charge in [0.2, 0.25) is 11.9 Å². The molecule has 0 bridgehead atoms. The van der Waals surface area contributed by atoms with Gasteiger partial charge < -0.3 is 10.1 Å². The van der Waals surface area contributed by atoms with Crippen LogP contribution >= 0.6 is 11.8 Å².